The molecule has 0 aliphatic carbocycles. The monoisotopic (exact) mass is 453 g/mol. The average Bonchev–Trinajstić information content (AvgIpc) is 2.81. The van der Waals surface area contributed by atoms with E-state index in [0.717, 1.165) is 36.1 Å². The molecule has 0 spiro atoms. The van der Waals surface area contributed by atoms with E-state index in [1.807, 2.05) is 31.2 Å². The minimum atomic E-state index is -0.994. The van der Waals surface area contributed by atoms with Gasteiger partial charge in [-0.15, -0.1) is 0 Å². The fourth-order valence-corrected chi connectivity index (χ4v) is 3.47. The summed E-state index contributed by atoms with van der Waals surface area (Å²) < 4.78 is 5.64. The van der Waals surface area contributed by atoms with E-state index in [1.165, 1.54) is 5.56 Å². The van der Waals surface area contributed by atoms with Gasteiger partial charge in [-0.05, 0) is 65.9 Å². The van der Waals surface area contributed by atoms with Crippen molar-refractivity contribution < 1.29 is 19.7 Å². The van der Waals surface area contributed by atoms with Crippen molar-refractivity contribution in [1.29, 1.82) is 0 Å². The molecule has 0 saturated heterocycles. The minimum Gasteiger partial charge on any atom is -0.493 e. The van der Waals surface area contributed by atoms with Crippen LogP contribution < -0.4 is 10.1 Å². The summed E-state index contributed by atoms with van der Waals surface area (Å²) in [5.74, 6) is -0.601. The maximum Gasteiger partial charge on any atom is 0.339 e. The van der Waals surface area contributed by atoms with Crippen LogP contribution in [0.2, 0.25) is 5.02 Å². The molecule has 0 heterocycles. The highest BCUT2D eigenvalue weighted by atomic mass is 35.5. The maximum absolute atomic E-state index is 11.4. The topological polar surface area (TPSA) is 78.8 Å². The number of nitrogens with one attached hydrogen (secondary N) is 1. The average molecular weight is 454 g/mol. The molecule has 0 unspecified atom stereocenters. The first kappa shape index (κ1) is 23.8. The standard InChI is InChI=1S/C26H28ClNO4/c1-2-15-32-25-16-21(9-12-23(25)26(30)31)19-5-3-18(4-6-19)13-14-28-17-24(29)20-7-10-22(27)11-8-20/h3-12,16,24,28-29H,2,13-15,17H2,1H3,(H,30,31)/t24-/m0/s1. The molecule has 0 bridgehead atoms. The lowest BCUT2D eigenvalue weighted by Gasteiger charge is -2.13. The third kappa shape index (κ3) is 6.57. The number of carboxylic acid groups (broad SMARTS) is 1. The Kier molecular flexibility index (Phi) is 8.68. The summed E-state index contributed by atoms with van der Waals surface area (Å²) in [5.41, 5.74) is 4.09. The summed E-state index contributed by atoms with van der Waals surface area (Å²) >= 11 is 5.88. The molecule has 3 aromatic rings. The van der Waals surface area contributed by atoms with Crippen molar-refractivity contribution in [2.24, 2.45) is 0 Å². The van der Waals surface area contributed by atoms with E-state index in [4.69, 9.17) is 16.3 Å². The van der Waals surface area contributed by atoms with Crippen molar-refractivity contribution in [3.8, 4) is 16.9 Å². The molecule has 0 saturated carbocycles. The predicted molar refractivity (Wildman–Crippen MR) is 128 cm³/mol. The number of aliphatic hydroxyl groups excluding tert-OH is 1. The zero-order valence-corrected chi connectivity index (χ0v) is 18.8. The number of carboxylic acids is 1. The van der Waals surface area contributed by atoms with E-state index >= 15 is 0 Å². The van der Waals surface area contributed by atoms with Gasteiger partial charge in [0, 0.05) is 11.6 Å². The van der Waals surface area contributed by atoms with Crippen molar-refractivity contribution in [3.63, 3.8) is 0 Å². The Labute approximate surface area is 193 Å². The second-order valence-electron chi connectivity index (χ2n) is 7.58. The van der Waals surface area contributed by atoms with Crippen LogP contribution >= 0.6 is 11.6 Å². The Morgan fingerprint density at radius 2 is 1.72 bits per heavy atom. The van der Waals surface area contributed by atoms with Crippen LogP contribution in [0.5, 0.6) is 5.75 Å². The molecular weight excluding hydrogens is 426 g/mol. The molecule has 5 nitrogen and oxygen atoms in total. The van der Waals surface area contributed by atoms with Crippen LogP contribution in [0.3, 0.4) is 0 Å². The second kappa shape index (κ2) is 11.7. The van der Waals surface area contributed by atoms with Crippen molar-refractivity contribution >= 4 is 17.6 Å². The third-order valence-corrected chi connectivity index (χ3v) is 5.40. The molecule has 0 fully saturated rings. The summed E-state index contributed by atoms with van der Waals surface area (Å²) in [6.45, 7) is 3.67. The van der Waals surface area contributed by atoms with Gasteiger partial charge in [0.2, 0.25) is 0 Å². The smallest absolute Gasteiger partial charge is 0.339 e. The number of aliphatic hydroxyl groups is 1. The van der Waals surface area contributed by atoms with Crippen LogP contribution in [0.4, 0.5) is 0 Å². The molecule has 3 aromatic carbocycles. The predicted octanol–water partition coefficient (Wildman–Crippen LogP) is 5.36. The van der Waals surface area contributed by atoms with Gasteiger partial charge in [0.15, 0.2) is 0 Å². The SMILES string of the molecule is CCCOc1cc(-c2ccc(CCNC[C@H](O)c3ccc(Cl)cc3)cc2)ccc1C(=O)O. The number of hydrogen-bond donors (Lipinski definition) is 3. The Bertz CT molecular complexity index is 1020. The quantitative estimate of drug-likeness (QED) is 0.340. The minimum absolute atomic E-state index is 0.172. The largest absolute Gasteiger partial charge is 0.493 e. The number of benzene rings is 3. The Morgan fingerprint density at radius 3 is 2.38 bits per heavy atom. The summed E-state index contributed by atoms with van der Waals surface area (Å²) in [5, 5.41) is 23.6. The van der Waals surface area contributed by atoms with E-state index in [0.29, 0.717) is 23.9 Å². The highest BCUT2D eigenvalue weighted by Crippen LogP contribution is 2.28. The first-order chi connectivity index (χ1) is 15.5. The summed E-state index contributed by atoms with van der Waals surface area (Å²) in [7, 11) is 0. The first-order valence-corrected chi connectivity index (χ1v) is 11.1. The van der Waals surface area contributed by atoms with Gasteiger partial charge < -0.3 is 20.3 Å². The third-order valence-electron chi connectivity index (χ3n) is 5.14. The van der Waals surface area contributed by atoms with Crippen LogP contribution in [0.1, 0.15) is 40.9 Å². The summed E-state index contributed by atoms with van der Waals surface area (Å²) in [6.07, 6.45) is 1.06. The molecule has 6 heteroatoms. The normalized spacial score (nSPS) is 11.8. The van der Waals surface area contributed by atoms with Gasteiger partial charge in [0.25, 0.3) is 0 Å². The fraction of sp³-hybridized carbons (Fsp3) is 0.269. The van der Waals surface area contributed by atoms with Gasteiger partial charge >= 0.3 is 5.97 Å². The lowest BCUT2D eigenvalue weighted by atomic mass is 10.0. The molecular formula is C26H28ClNO4. The zero-order valence-electron chi connectivity index (χ0n) is 18.1. The van der Waals surface area contributed by atoms with E-state index < -0.39 is 12.1 Å². The number of hydrogen-bond acceptors (Lipinski definition) is 4. The fourth-order valence-electron chi connectivity index (χ4n) is 3.35. The first-order valence-electron chi connectivity index (χ1n) is 10.7. The van der Waals surface area contributed by atoms with Crippen molar-refractivity contribution in [3.05, 3.63) is 88.4 Å². The van der Waals surface area contributed by atoms with Crippen LogP contribution in [-0.4, -0.2) is 35.9 Å². The lowest BCUT2D eigenvalue weighted by Crippen LogP contribution is -2.23. The zero-order chi connectivity index (χ0) is 22.9. The number of aromatic carboxylic acids is 1. The number of carbonyl (C=O) groups is 1. The molecule has 0 aliphatic heterocycles. The van der Waals surface area contributed by atoms with Crippen molar-refractivity contribution in [2.45, 2.75) is 25.9 Å². The molecule has 32 heavy (non-hydrogen) atoms. The molecule has 1 atom stereocenters. The van der Waals surface area contributed by atoms with Crippen LogP contribution in [0.15, 0.2) is 66.7 Å². The Morgan fingerprint density at radius 1 is 1.03 bits per heavy atom. The Balaban J connectivity index is 1.55. The van der Waals surface area contributed by atoms with E-state index in [9.17, 15) is 15.0 Å². The molecule has 168 valence electrons. The van der Waals surface area contributed by atoms with E-state index in [2.05, 4.69) is 17.4 Å². The number of ether oxygens (including phenoxy) is 1. The summed E-state index contributed by atoms with van der Waals surface area (Å²) in [4.78, 5) is 11.4. The highest BCUT2D eigenvalue weighted by molar-refractivity contribution is 6.30. The van der Waals surface area contributed by atoms with Gasteiger partial charge in [-0.1, -0.05) is 61.0 Å². The molecule has 3 N–H and O–H groups in total. The molecule has 0 radical (unpaired) electrons. The number of rotatable bonds is 11. The van der Waals surface area contributed by atoms with Gasteiger partial charge in [-0.3, -0.25) is 0 Å². The Hall–Kier alpha value is -2.86. The van der Waals surface area contributed by atoms with Crippen LogP contribution in [0.25, 0.3) is 11.1 Å². The van der Waals surface area contributed by atoms with E-state index in [1.54, 1.807) is 30.3 Å². The number of halogens is 1. The van der Waals surface area contributed by atoms with E-state index in [-0.39, 0.29) is 5.56 Å². The van der Waals surface area contributed by atoms with Crippen molar-refractivity contribution in [1.82, 2.24) is 5.32 Å². The maximum atomic E-state index is 11.4. The molecule has 0 aromatic heterocycles. The highest BCUT2D eigenvalue weighted by Gasteiger charge is 2.13. The van der Waals surface area contributed by atoms with Gasteiger partial charge in [0.05, 0.1) is 12.7 Å². The van der Waals surface area contributed by atoms with Gasteiger partial charge in [0.1, 0.15) is 11.3 Å². The van der Waals surface area contributed by atoms with Gasteiger partial charge in [-0.2, -0.15) is 0 Å². The molecule has 0 aliphatic rings. The molecule has 0 amide bonds. The van der Waals surface area contributed by atoms with Crippen LogP contribution in [-0.2, 0) is 6.42 Å². The summed E-state index contributed by atoms with van der Waals surface area (Å²) in [6, 6.07) is 20.6. The van der Waals surface area contributed by atoms with Gasteiger partial charge in [-0.25, -0.2) is 4.79 Å². The molecule has 3 rings (SSSR count). The lowest BCUT2D eigenvalue weighted by molar-refractivity contribution is 0.0692. The van der Waals surface area contributed by atoms with Crippen molar-refractivity contribution in [2.75, 3.05) is 19.7 Å². The second-order valence-corrected chi connectivity index (χ2v) is 8.02. The van der Waals surface area contributed by atoms with Crippen LogP contribution in [0, 0.1) is 0 Å².